The van der Waals surface area contributed by atoms with Crippen LogP contribution in [0.25, 0.3) is 0 Å². The number of pyridine rings is 1. The number of hydrogen-bond donors (Lipinski definition) is 1. The van der Waals surface area contributed by atoms with E-state index in [0.717, 1.165) is 0 Å². The van der Waals surface area contributed by atoms with Crippen LogP contribution in [0.3, 0.4) is 0 Å². The van der Waals surface area contributed by atoms with Crippen molar-refractivity contribution in [3.63, 3.8) is 0 Å². The molecule has 0 fully saturated rings. The molecule has 5 heteroatoms. The fourth-order valence-corrected chi connectivity index (χ4v) is 0.824. The van der Waals surface area contributed by atoms with Crippen LogP contribution in [0.5, 0.6) is 0 Å². The number of esters is 1. The van der Waals surface area contributed by atoms with Crippen LogP contribution in [0.4, 0.5) is 5.69 Å². The molecule has 1 heterocycles. The molecule has 0 spiro atoms. The standard InChI is InChI=1S/C9H10N2O3/c1-6(12)5-14-9(13)8-7(10)3-2-4-11-8/h2-4H,5,10H2,1H3. The van der Waals surface area contributed by atoms with E-state index in [4.69, 9.17) is 5.73 Å². The van der Waals surface area contributed by atoms with E-state index in [-0.39, 0.29) is 23.8 Å². The number of aromatic nitrogens is 1. The number of nitrogen functional groups attached to an aromatic ring is 1. The van der Waals surface area contributed by atoms with Crippen LogP contribution in [0.1, 0.15) is 17.4 Å². The number of rotatable bonds is 3. The minimum absolute atomic E-state index is 0.0359. The molecule has 0 atom stereocenters. The summed E-state index contributed by atoms with van der Waals surface area (Å²) in [7, 11) is 0. The van der Waals surface area contributed by atoms with E-state index >= 15 is 0 Å². The minimum atomic E-state index is -0.682. The number of Topliss-reactive ketones (excluding diaryl/α,β-unsaturated/α-hetero) is 1. The summed E-state index contributed by atoms with van der Waals surface area (Å²) >= 11 is 0. The van der Waals surface area contributed by atoms with Crippen LogP contribution >= 0.6 is 0 Å². The number of anilines is 1. The Balaban J connectivity index is 2.70. The Morgan fingerprint density at radius 1 is 1.57 bits per heavy atom. The quantitative estimate of drug-likeness (QED) is 0.704. The number of ether oxygens (including phenoxy) is 1. The summed E-state index contributed by atoms with van der Waals surface area (Å²) in [5, 5.41) is 0. The minimum Gasteiger partial charge on any atom is -0.453 e. The highest BCUT2D eigenvalue weighted by molar-refractivity contribution is 5.94. The van der Waals surface area contributed by atoms with Gasteiger partial charge in [0.25, 0.3) is 0 Å². The Morgan fingerprint density at radius 3 is 2.86 bits per heavy atom. The molecule has 0 aliphatic rings. The average Bonchev–Trinajstić information content (AvgIpc) is 2.15. The molecule has 0 amide bonds. The van der Waals surface area contributed by atoms with E-state index in [2.05, 4.69) is 9.72 Å². The van der Waals surface area contributed by atoms with Gasteiger partial charge in [-0.05, 0) is 19.1 Å². The normalized spacial score (nSPS) is 9.50. The van der Waals surface area contributed by atoms with Crippen LogP contribution in [-0.4, -0.2) is 23.3 Å². The van der Waals surface area contributed by atoms with Crippen molar-refractivity contribution < 1.29 is 14.3 Å². The molecule has 1 aromatic rings. The second-order valence-corrected chi connectivity index (χ2v) is 2.72. The third-order valence-corrected chi connectivity index (χ3v) is 1.44. The fourth-order valence-electron chi connectivity index (χ4n) is 0.824. The van der Waals surface area contributed by atoms with E-state index < -0.39 is 5.97 Å². The summed E-state index contributed by atoms with van der Waals surface area (Å²) < 4.78 is 4.64. The molecule has 74 valence electrons. The van der Waals surface area contributed by atoms with Crippen molar-refractivity contribution in [2.24, 2.45) is 0 Å². The molecule has 0 bridgehead atoms. The molecular weight excluding hydrogens is 184 g/mol. The first-order valence-electron chi connectivity index (χ1n) is 3.98. The first kappa shape index (κ1) is 10.2. The molecule has 2 N–H and O–H groups in total. The average molecular weight is 194 g/mol. The second kappa shape index (κ2) is 4.36. The van der Waals surface area contributed by atoms with Gasteiger partial charge in [-0.25, -0.2) is 9.78 Å². The van der Waals surface area contributed by atoms with Crippen molar-refractivity contribution >= 4 is 17.4 Å². The molecule has 0 unspecified atom stereocenters. The van der Waals surface area contributed by atoms with Crippen molar-refractivity contribution in [3.05, 3.63) is 24.0 Å². The topological polar surface area (TPSA) is 82.3 Å². The van der Waals surface area contributed by atoms with Crippen LogP contribution in [-0.2, 0) is 9.53 Å². The van der Waals surface area contributed by atoms with Gasteiger partial charge in [-0.15, -0.1) is 0 Å². The third-order valence-electron chi connectivity index (χ3n) is 1.44. The Labute approximate surface area is 80.9 Å². The predicted molar refractivity (Wildman–Crippen MR) is 49.6 cm³/mol. The maximum Gasteiger partial charge on any atom is 0.359 e. The summed E-state index contributed by atoms with van der Waals surface area (Å²) in [4.78, 5) is 25.5. The first-order valence-corrected chi connectivity index (χ1v) is 3.98. The number of ketones is 1. The van der Waals surface area contributed by atoms with Crippen LogP contribution in [0.15, 0.2) is 18.3 Å². The largest absolute Gasteiger partial charge is 0.453 e. The lowest BCUT2D eigenvalue weighted by atomic mass is 10.3. The van der Waals surface area contributed by atoms with E-state index in [1.165, 1.54) is 19.2 Å². The highest BCUT2D eigenvalue weighted by Crippen LogP contribution is 2.07. The van der Waals surface area contributed by atoms with Gasteiger partial charge in [0.1, 0.15) is 6.61 Å². The van der Waals surface area contributed by atoms with Gasteiger partial charge < -0.3 is 10.5 Å². The van der Waals surface area contributed by atoms with Crippen molar-refractivity contribution in [3.8, 4) is 0 Å². The van der Waals surface area contributed by atoms with Gasteiger partial charge in [-0.3, -0.25) is 4.79 Å². The highest BCUT2D eigenvalue weighted by Gasteiger charge is 2.12. The molecule has 0 radical (unpaired) electrons. The van der Waals surface area contributed by atoms with Gasteiger partial charge in [0.05, 0.1) is 5.69 Å². The summed E-state index contributed by atoms with van der Waals surface area (Å²) in [6.45, 7) is 1.07. The van der Waals surface area contributed by atoms with Gasteiger partial charge in [0, 0.05) is 6.20 Å². The predicted octanol–water partition coefficient (Wildman–Crippen LogP) is 0.410. The molecule has 1 rings (SSSR count). The molecular formula is C9H10N2O3. The van der Waals surface area contributed by atoms with Crippen LogP contribution < -0.4 is 5.73 Å². The zero-order chi connectivity index (χ0) is 10.6. The van der Waals surface area contributed by atoms with Gasteiger partial charge in [0.15, 0.2) is 11.5 Å². The number of carbonyl (C=O) groups excluding carboxylic acids is 2. The molecule has 0 aliphatic heterocycles. The molecule has 1 aromatic heterocycles. The highest BCUT2D eigenvalue weighted by atomic mass is 16.5. The van der Waals surface area contributed by atoms with Crippen molar-refractivity contribution in [2.45, 2.75) is 6.92 Å². The summed E-state index contributed by atoms with van der Waals surface area (Å²) in [6, 6.07) is 3.15. The van der Waals surface area contributed by atoms with Crippen molar-refractivity contribution in [1.29, 1.82) is 0 Å². The molecule has 0 saturated heterocycles. The maximum atomic E-state index is 11.3. The Morgan fingerprint density at radius 2 is 2.29 bits per heavy atom. The SMILES string of the molecule is CC(=O)COC(=O)c1ncccc1N. The lowest BCUT2D eigenvalue weighted by molar-refractivity contribution is -0.120. The van der Waals surface area contributed by atoms with E-state index in [0.29, 0.717) is 0 Å². The lowest BCUT2D eigenvalue weighted by Gasteiger charge is -2.03. The molecule has 0 aromatic carbocycles. The number of nitrogens with two attached hydrogens (primary N) is 1. The van der Waals surface area contributed by atoms with E-state index in [9.17, 15) is 9.59 Å². The molecule has 0 saturated carbocycles. The van der Waals surface area contributed by atoms with Gasteiger partial charge in [-0.2, -0.15) is 0 Å². The lowest BCUT2D eigenvalue weighted by Crippen LogP contribution is -2.14. The Kier molecular flexibility index (Phi) is 3.17. The molecule has 0 aliphatic carbocycles. The second-order valence-electron chi connectivity index (χ2n) is 2.72. The number of carbonyl (C=O) groups is 2. The van der Waals surface area contributed by atoms with Gasteiger partial charge >= 0.3 is 5.97 Å². The van der Waals surface area contributed by atoms with Crippen molar-refractivity contribution in [2.75, 3.05) is 12.3 Å². The van der Waals surface area contributed by atoms with Crippen LogP contribution in [0.2, 0.25) is 0 Å². The monoisotopic (exact) mass is 194 g/mol. The Bertz CT molecular complexity index is 363. The Hall–Kier alpha value is -1.91. The zero-order valence-electron chi connectivity index (χ0n) is 7.69. The summed E-state index contributed by atoms with van der Waals surface area (Å²) in [5.74, 6) is -0.911. The fraction of sp³-hybridized carbons (Fsp3) is 0.222. The smallest absolute Gasteiger partial charge is 0.359 e. The number of hydrogen-bond acceptors (Lipinski definition) is 5. The first-order chi connectivity index (χ1) is 6.61. The van der Waals surface area contributed by atoms with E-state index in [1.807, 2.05) is 0 Å². The van der Waals surface area contributed by atoms with Crippen molar-refractivity contribution in [1.82, 2.24) is 4.98 Å². The third kappa shape index (κ3) is 2.55. The number of nitrogens with zero attached hydrogens (tertiary/aromatic N) is 1. The summed E-state index contributed by atoms with van der Waals surface area (Å²) in [6.07, 6.45) is 1.43. The van der Waals surface area contributed by atoms with Crippen LogP contribution in [0, 0.1) is 0 Å². The van der Waals surface area contributed by atoms with Gasteiger partial charge in [-0.1, -0.05) is 0 Å². The maximum absolute atomic E-state index is 11.3. The summed E-state index contributed by atoms with van der Waals surface area (Å²) in [5.41, 5.74) is 5.75. The molecule has 5 nitrogen and oxygen atoms in total. The van der Waals surface area contributed by atoms with E-state index in [1.54, 1.807) is 6.07 Å². The zero-order valence-corrected chi connectivity index (χ0v) is 7.69. The van der Waals surface area contributed by atoms with Gasteiger partial charge in [0.2, 0.25) is 0 Å². The molecule has 14 heavy (non-hydrogen) atoms.